The van der Waals surface area contributed by atoms with Crippen LogP contribution in [0, 0.1) is 5.92 Å². The minimum absolute atomic E-state index is 0.158. The van der Waals surface area contributed by atoms with E-state index in [-0.39, 0.29) is 11.7 Å². The summed E-state index contributed by atoms with van der Waals surface area (Å²) in [6.45, 7) is 8.55. The molecule has 0 saturated heterocycles. The lowest BCUT2D eigenvalue weighted by molar-refractivity contribution is 0.639. The molecule has 0 heterocycles. The predicted molar refractivity (Wildman–Crippen MR) is 52.1 cm³/mol. The first-order valence-corrected chi connectivity index (χ1v) is 4.07. The van der Waals surface area contributed by atoms with Crippen LogP contribution in [0.5, 0.6) is 0 Å². The average molecular weight is 190 g/mol. The van der Waals surface area contributed by atoms with Gasteiger partial charge in [0.15, 0.2) is 0 Å². The molecule has 3 heteroatoms. The Bertz CT molecular complexity index is 225. The van der Waals surface area contributed by atoms with Gasteiger partial charge >= 0.3 is 0 Å². The summed E-state index contributed by atoms with van der Waals surface area (Å²) in [5.74, 6) is -0.174. The molecular weight excluding hydrogens is 177 g/mol. The first kappa shape index (κ1) is 11.4. The highest BCUT2D eigenvalue weighted by Gasteiger charge is 2.05. The second-order valence-corrected chi connectivity index (χ2v) is 3.18. The van der Waals surface area contributed by atoms with Crippen LogP contribution in [-0.2, 0) is 0 Å². The molecule has 0 fully saturated rings. The Labute approximate surface area is 77.6 Å². The lowest BCUT2D eigenvalue weighted by Crippen LogP contribution is -1.92. The van der Waals surface area contributed by atoms with E-state index in [1.165, 1.54) is 13.0 Å². The summed E-state index contributed by atoms with van der Waals surface area (Å²) in [6, 6.07) is 0. The van der Waals surface area contributed by atoms with E-state index >= 15 is 0 Å². The minimum Gasteiger partial charge on any atom is -0.267 e. The van der Waals surface area contributed by atoms with Gasteiger partial charge in [-0.05, 0) is 25.6 Å². The number of hydrogen-bond donors (Lipinski definition) is 0. The molecule has 0 unspecified atom stereocenters. The van der Waals surface area contributed by atoms with Gasteiger partial charge in [0, 0.05) is 0 Å². The molecule has 0 amide bonds. The highest BCUT2D eigenvalue weighted by Crippen LogP contribution is 2.21. The molecule has 0 spiro atoms. The summed E-state index contributed by atoms with van der Waals surface area (Å²) < 4.78 is 12.4. The fourth-order valence-electron chi connectivity index (χ4n) is 0.782. The van der Waals surface area contributed by atoms with Crippen LogP contribution >= 0.6 is 11.6 Å². The molecule has 0 rings (SSSR count). The third-order valence-corrected chi connectivity index (χ3v) is 1.59. The Balaban J connectivity index is 4.85. The van der Waals surface area contributed by atoms with E-state index in [2.05, 4.69) is 11.7 Å². The normalized spacial score (nSPS) is 14.7. The summed E-state index contributed by atoms with van der Waals surface area (Å²) >= 11 is 5.77. The predicted octanol–water partition coefficient (Wildman–Crippen LogP) is 3.67. The molecule has 1 nitrogen and oxygen atoms in total. The van der Waals surface area contributed by atoms with Gasteiger partial charge in [-0.1, -0.05) is 25.4 Å². The highest BCUT2D eigenvalue weighted by molar-refractivity contribution is 6.31. The maximum absolute atomic E-state index is 12.4. The fraction of sp³-hybridized carbons (Fsp3) is 0.444. The quantitative estimate of drug-likeness (QED) is 0.475. The summed E-state index contributed by atoms with van der Waals surface area (Å²) in [6.07, 6.45) is 1.24. The Morgan fingerprint density at radius 3 is 2.33 bits per heavy atom. The monoisotopic (exact) mass is 189 g/mol. The smallest absolute Gasteiger partial charge is 0.0984 e. The molecule has 0 aliphatic rings. The van der Waals surface area contributed by atoms with Gasteiger partial charge in [-0.3, -0.25) is 4.99 Å². The van der Waals surface area contributed by atoms with E-state index in [1.54, 1.807) is 0 Å². The van der Waals surface area contributed by atoms with Gasteiger partial charge in [-0.2, -0.15) is 0 Å². The first-order chi connectivity index (χ1) is 5.49. The molecule has 0 aliphatic carbocycles. The maximum Gasteiger partial charge on any atom is 0.0984 e. The van der Waals surface area contributed by atoms with Crippen molar-refractivity contribution in [2.24, 2.45) is 10.9 Å². The van der Waals surface area contributed by atoms with Crippen LogP contribution in [0.25, 0.3) is 0 Å². The van der Waals surface area contributed by atoms with Gasteiger partial charge in [-0.15, -0.1) is 0 Å². The van der Waals surface area contributed by atoms with Gasteiger partial charge in [-0.25, -0.2) is 4.39 Å². The van der Waals surface area contributed by atoms with E-state index in [9.17, 15) is 4.39 Å². The van der Waals surface area contributed by atoms with Crippen molar-refractivity contribution < 1.29 is 4.39 Å². The van der Waals surface area contributed by atoms with Gasteiger partial charge in [0.05, 0.1) is 16.6 Å². The van der Waals surface area contributed by atoms with Crippen molar-refractivity contribution in [2.75, 3.05) is 0 Å². The van der Waals surface area contributed by atoms with Crippen molar-refractivity contribution in [3.8, 4) is 0 Å². The van der Waals surface area contributed by atoms with Crippen molar-refractivity contribution in [1.29, 1.82) is 0 Å². The lowest BCUT2D eigenvalue weighted by atomic mass is 10.1. The molecule has 0 radical (unpaired) electrons. The number of rotatable bonds is 3. The zero-order valence-electron chi connectivity index (χ0n) is 7.56. The SMILES string of the molecule is C=N/C(=C(Cl)\C=C(/C)F)C(C)C. The third kappa shape index (κ3) is 3.67. The van der Waals surface area contributed by atoms with Crippen LogP contribution in [0.1, 0.15) is 20.8 Å². The second kappa shape index (κ2) is 5.09. The average Bonchev–Trinajstić information content (AvgIpc) is 1.85. The zero-order valence-corrected chi connectivity index (χ0v) is 8.32. The van der Waals surface area contributed by atoms with Gasteiger partial charge < -0.3 is 0 Å². The number of hydrogen-bond acceptors (Lipinski definition) is 1. The topological polar surface area (TPSA) is 12.4 Å². The van der Waals surface area contributed by atoms with Crippen LogP contribution < -0.4 is 0 Å². The molecule has 68 valence electrons. The van der Waals surface area contributed by atoms with Crippen LogP contribution in [0.4, 0.5) is 4.39 Å². The number of aliphatic imine (C=N–C) groups is 1. The minimum atomic E-state index is -0.332. The van der Waals surface area contributed by atoms with Crippen molar-refractivity contribution in [2.45, 2.75) is 20.8 Å². The summed E-state index contributed by atoms with van der Waals surface area (Å²) in [7, 11) is 0. The van der Waals surface area contributed by atoms with Crippen molar-refractivity contribution in [3.63, 3.8) is 0 Å². The Hall–Kier alpha value is -0.630. The van der Waals surface area contributed by atoms with E-state index in [0.29, 0.717) is 10.7 Å². The molecule has 12 heavy (non-hydrogen) atoms. The molecule has 0 aromatic heterocycles. The molecule has 0 atom stereocenters. The molecule has 0 aromatic rings. The van der Waals surface area contributed by atoms with Gasteiger partial charge in [0.1, 0.15) is 0 Å². The molecule has 0 aliphatic heterocycles. The maximum atomic E-state index is 12.4. The standard InChI is InChI=1S/C9H13ClFN/c1-6(2)9(12-4)8(10)5-7(3)11/h5-6H,4H2,1-3H3/b7-5+,9-8+. The van der Waals surface area contributed by atoms with E-state index in [1.807, 2.05) is 13.8 Å². The van der Waals surface area contributed by atoms with Gasteiger partial charge in [0.25, 0.3) is 0 Å². The number of halogens is 2. The van der Waals surface area contributed by atoms with Crippen LogP contribution in [0.3, 0.4) is 0 Å². The number of nitrogens with zero attached hydrogens (tertiary/aromatic N) is 1. The van der Waals surface area contributed by atoms with Crippen molar-refractivity contribution in [3.05, 3.63) is 22.6 Å². The highest BCUT2D eigenvalue weighted by atomic mass is 35.5. The van der Waals surface area contributed by atoms with Crippen LogP contribution in [0.15, 0.2) is 27.6 Å². The summed E-state index contributed by atoms with van der Waals surface area (Å²) in [5.41, 5.74) is 0.619. The van der Waals surface area contributed by atoms with Crippen LogP contribution in [-0.4, -0.2) is 6.72 Å². The Kier molecular flexibility index (Phi) is 4.83. The van der Waals surface area contributed by atoms with Crippen molar-refractivity contribution >= 4 is 18.3 Å². The molecule has 0 bridgehead atoms. The number of allylic oxidation sites excluding steroid dienone is 4. The molecular formula is C9H13ClFN. The Morgan fingerprint density at radius 1 is 1.58 bits per heavy atom. The van der Waals surface area contributed by atoms with E-state index in [0.717, 1.165) is 0 Å². The first-order valence-electron chi connectivity index (χ1n) is 3.69. The van der Waals surface area contributed by atoms with E-state index in [4.69, 9.17) is 11.6 Å². The van der Waals surface area contributed by atoms with E-state index < -0.39 is 0 Å². The largest absolute Gasteiger partial charge is 0.267 e. The van der Waals surface area contributed by atoms with Crippen LogP contribution in [0.2, 0.25) is 0 Å². The van der Waals surface area contributed by atoms with Gasteiger partial charge in [0.2, 0.25) is 0 Å². The molecule has 0 aromatic carbocycles. The molecule has 0 saturated carbocycles. The summed E-state index contributed by atoms with van der Waals surface area (Å²) in [4.78, 5) is 3.73. The molecule has 0 N–H and O–H groups in total. The lowest BCUT2D eigenvalue weighted by Gasteiger charge is -2.05. The summed E-state index contributed by atoms with van der Waals surface area (Å²) in [5, 5.41) is 0.319. The Morgan fingerprint density at radius 2 is 2.08 bits per heavy atom. The third-order valence-electron chi connectivity index (χ3n) is 1.29. The second-order valence-electron chi connectivity index (χ2n) is 2.78. The zero-order chi connectivity index (χ0) is 9.72. The van der Waals surface area contributed by atoms with Crippen molar-refractivity contribution in [1.82, 2.24) is 0 Å². The fourth-order valence-corrected chi connectivity index (χ4v) is 1.21.